The summed E-state index contributed by atoms with van der Waals surface area (Å²) in [7, 11) is 0. The van der Waals surface area contributed by atoms with Crippen molar-refractivity contribution in [2.75, 3.05) is 11.4 Å². The molecule has 2 aliphatic rings. The molecule has 186 valence electrons. The minimum atomic E-state index is -0.468. The Bertz CT molecular complexity index is 1480. The van der Waals surface area contributed by atoms with Crippen LogP contribution in [-0.4, -0.2) is 23.5 Å². The molecule has 0 aliphatic carbocycles. The van der Waals surface area contributed by atoms with Crippen LogP contribution in [0, 0.1) is 19.7 Å². The molecule has 0 aromatic heterocycles. The molecule has 3 nitrogen and oxygen atoms in total. The number of rotatable bonds is 5. The van der Waals surface area contributed by atoms with E-state index in [0.717, 1.165) is 18.5 Å². The van der Waals surface area contributed by atoms with Crippen LogP contribution in [0.25, 0.3) is 0 Å². The molecule has 2 unspecified atom stereocenters. The maximum absolute atomic E-state index is 14.8. The van der Waals surface area contributed by atoms with E-state index in [1.807, 2.05) is 4.90 Å². The van der Waals surface area contributed by atoms with Crippen molar-refractivity contribution in [3.63, 3.8) is 0 Å². The monoisotopic (exact) mass is 490 g/mol. The largest absolute Gasteiger partial charge is 0.346 e. The summed E-state index contributed by atoms with van der Waals surface area (Å²) in [4.78, 5) is 18.2. The van der Waals surface area contributed by atoms with Crippen molar-refractivity contribution in [1.29, 1.82) is 0 Å². The van der Waals surface area contributed by atoms with E-state index in [4.69, 9.17) is 0 Å². The number of likely N-dealkylation sites (tertiary alicyclic amines) is 1. The Morgan fingerprint density at radius 2 is 1.54 bits per heavy atom. The van der Waals surface area contributed by atoms with Gasteiger partial charge >= 0.3 is 0 Å². The molecule has 4 aromatic carbocycles. The summed E-state index contributed by atoms with van der Waals surface area (Å²) in [5, 5.41) is 0. The molecular weight excluding hydrogens is 459 g/mol. The highest BCUT2D eigenvalue weighted by Gasteiger charge is 2.58. The molecule has 1 amide bonds. The molecule has 2 atom stereocenters. The van der Waals surface area contributed by atoms with Crippen molar-refractivity contribution in [3.8, 4) is 0 Å². The van der Waals surface area contributed by atoms with Crippen molar-refractivity contribution in [1.82, 2.24) is 4.90 Å². The molecule has 37 heavy (non-hydrogen) atoms. The minimum Gasteiger partial charge on any atom is -0.346 e. The lowest BCUT2D eigenvalue weighted by atomic mass is 9.74. The molecule has 6 rings (SSSR count). The molecule has 0 bridgehead atoms. The highest BCUT2D eigenvalue weighted by molar-refractivity contribution is 5.95. The number of fused-ring (bicyclic) bond motifs is 3. The van der Waals surface area contributed by atoms with E-state index < -0.39 is 5.82 Å². The van der Waals surface area contributed by atoms with E-state index in [1.165, 1.54) is 33.9 Å². The molecule has 4 heteroatoms. The first-order valence-electron chi connectivity index (χ1n) is 13.0. The highest BCUT2D eigenvalue weighted by atomic mass is 19.1. The van der Waals surface area contributed by atoms with Crippen LogP contribution >= 0.6 is 0 Å². The van der Waals surface area contributed by atoms with Crippen molar-refractivity contribution in [2.24, 2.45) is 0 Å². The van der Waals surface area contributed by atoms with Crippen LogP contribution in [-0.2, 0) is 18.4 Å². The molecule has 0 spiro atoms. The zero-order chi connectivity index (χ0) is 25.6. The van der Waals surface area contributed by atoms with Gasteiger partial charge in [0.1, 0.15) is 12.0 Å². The molecule has 0 radical (unpaired) electrons. The van der Waals surface area contributed by atoms with Gasteiger partial charge in [0, 0.05) is 24.2 Å². The van der Waals surface area contributed by atoms with E-state index in [2.05, 4.69) is 91.5 Å². The molecule has 1 fully saturated rings. The van der Waals surface area contributed by atoms with Crippen LogP contribution in [0.3, 0.4) is 0 Å². The maximum Gasteiger partial charge on any atom is 0.258 e. The van der Waals surface area contributed by atoms with Crippen LogP contribution in [0.2, 0.25) is 0 Å². The summed E-state index contributed by atoms with van der Waals surface area (Å²) in [5.41, 5.74) is 7.19. The van der Waals surface area contributed by atoms with Gasteiger partial charge in [-0.05, 0) is 61.6 Å². The predicted octanol–water partition coefficient (Wildman–Crippen LogP) is 6.82. The number of aryl methyl sites for hydroxylation is 2. The number of para-hydroxylation sites is 1. The second-order valence-electron chi connectivity index (χ2n) is 10.6. The quantitative estimate of drug-likeness (QED) is 0.307. The summed E-state index contributed by atoms with van der Waals surface area (Å²) < 4.78 is 14.8. The molecule has 1 saturated heterocycles. The van der Waals surface area contributed by atoms with E-state index >= 15 is 0 Å². The van der Waals surface area contributed by atoms with Gasteiger partial charge in [-0.1, -0.05) is 90.0 Å². The standard InChI is InChI=1S/C33H31FN2O/c1-23-9-7-11-25(19-23)21-33-17-18-35(31(37)27-13-3-5-15-29(27)34)32(33)36(30-16-6-4-14-28(30)33)22-26-12-8-10-24(2)20-26/h3-16,19-20,32H,17-18,21-22H2,1-2H3. The fourth-order valence-corrected chi connectivity index (χ4v) is 6.53. The van der Waals surface area contributed by atoms with Crippen LogP contribution in [0.5, 0.6) is 0 Å². The van der Waals surface area contributed by atoms with Crippen molar-refractivity contribution >= 4 is 11.6 Å². The van der Waals surface area contributed by atoms with Gasteiger partial charge in [-0.2, -0.15) is 0 Å². The Hall–Kier alpha value is -3.92. The third-order valence-corrected chi connectivity index (χ3v) is 8.04. The van der Waals surface area contributed by atoms with Crippen molar-refractivity contribution < 1.29 is 9.18 Å². The summed E-state index contributed by atoms with van der Waals surface area (Å²) in [6, 6.07) is 32.1. The van der Waals surface area contributed by atoms with Crippen LogP contribution < -0.4 is 4.90 Å². The Morgan fingerprint density at radius 3 is 2.30 bits per heavy atom. The summed E-state index contributed by atoms with van der Waals surface area (Å²) in [6.45, 7) is 5.49. The number of halogens is 1. The van der Waals surface area contributed by atoms with Crippen molar-refractivity contribution in [2.45, 2.75) is 44.8 Å². The van der Waals surface area contributed by atoms with Crippen LogP contribution in [0.4, 0.5) is 10.1 Å². The van der Waals surface area contributed by atoms with Gasteiger partial charge in [0.2, 0.25) is 0 Å². The number of carbonyl (C=O) groups excluding carboxylic acids is 1. The summed E-state index contributed by atoms with van der Waals surface area (Å²) in [6.07, 6.45) is 1.44. The molecule has 2 aliphatic heterocycles. The predicted molar refractivity (Wildman–Crippen MR) is 146 cm³/mol. The Balaban J connectivity index is 1.49. The first-order chi connectivity index (χ1) is 18.0. The number of hydrogen-bond donors (Lipinski definition) is 0. The first-order valence-corrected chi connectivity index (χ1v) is 13.0. The average molecular weight is 491 g/mol. The molecule has 2 heterocycles. The van der Waals surface area contributed by atoms with E-state index in [-0.39, 0.29) is 23.1 Å². The van der Waals surface area contributed by atoms with E-state index in [0.29, 0.717) is 13.1 Å². The van der Waals surface area contributed by atoms with Gasteiger partial charge in [0.25, 0.3) is 5.91 Å². The van der Waals surface area contributed by atoms with Gasteiger partial charge < -0.3 is 9.80 Å². The topological polar surface area (TPSA) is 23.6 Å². The fourth-order valence-electron chi connectivity index (χ4n) is 6.53. The number of nitrogens with zero attached hydrogens (tertiary/aromatic N) is 2. The van der Waals surface area contributed by atoms with Gasteiger partial charge in [0.05, 0.1) is 5.56 Å². The Labute approximate surface area is 218 Å². The average Bonchev–Trinajstić information content (AvgIpc) is 3.38. The lowest BCUT2D eigenvalue weighted by Crippen LogP contribution is -2.52. The number of hydrogen-bond acceptors (Lipinski definition) is 2. The van der Waals surface area contributed by atoms with Crippen molar-refractivity contribution in [3.05, 3.63) is 136 Å². The third kappa shape index (κ3) is 4.01. The number of amides is 1. The van der Waals surface area contributed by atoms with E-state index in [9.17, 15) is 9.18 Å². The smallest absolute Gasteiger partial charge is 0.258 e. The lowest BCUT2D eigenvalue weighted by Gasteiger charge is -2.39. The van der Waals surface area contributed by atoms with Crippen LogP contribution in [0.15, 0.2) is 97.1 Å². The van der Waals surface area contributed by atoms with Gasteiger partial charge in [0.15, 0.2) is 0 Å². The zero-order valence-corrected chi connectivity index (χ0v) is 21.3. The molecule has 4 aromatic rings. The number of carbonyl (C=O) groups is 1. The lowest BCUT2D eigenvalue weighted by molar-refractivity contribution is 0.0704. The Kier molecular flexibility index (Phi) is 5.83. The fraction of sp³-hybridized carbons (Fsp3) is 0.242. The highest BCUT2D eigenvalue weighted by Crippen LogP contribution is 2.54. The zero-order valence-electron chi connectivity index (χ0n) is 21.3. The summed E-state index contributed by atoms with van der Waals surface area (Å²) >= 11 is 0. The maximum atomic E-state index is 14.8. The Morgan fingerprint density at radius 1 is 0.865 bits per heavy atom. The number of anilines is 1. The minimum absolute atomic E-state index is 0.139. The van der Waals surface area contributed by atoms with Gasteiger partial charge in [-0.25, -0.2) is 4.39 Å². The van der Waals surface area contributed by atoms with E-state index in [1.54, 1.807) is 18.2 Å². The summed E-state index contributed by atoms with van der Waals surface area (Å²) in [5.74, 6) is -0.708. The third-order valence-electron chi connectivity index (χ3n) is 8.04. The SMILES string of the molecule is Cc1cccc(CN2c3ccccc3C3(Cc4cccc(C)c4)CCN(C(=O)c4ccccc4F)C23)c1. The second-order valence-corrected chi connectivity index (χ2v) is 10.6. The number of benzene rings is 4. The molecular formula is C33H31FN2O. The molecule has 0 saturated carbocycles. The van der Waals surface area contributed by atoms with Crippen LogP contribution in [0.1, 0.15) is 44.6 Å². The normalized spacial score (nSPS) is 20.1. The van der Waals surface area contributed by atoms with Gasteiger partial charge in [-0.3, -0.25) is 4.79 Å². The van der Waals surface area contributed by atoms with Gasteiger partial charge in [-0.15, -0.1) is 0 Å². The molecule has 0 N–H and O–H groups in total. The second kappa shape index (κ2) is 9.19. The first kappa shape index (κ1) is 23.5.